The van der Waals surface area contributed by atoms with Crippen LogP contribution in [-0.4, -0.2) is 47.2 Å². The first-order valence-corrected chi connectivity index (χ1v) is 13.8. The van der Waals surface area contributed by atoms with Gasteiger partial charge in [-0.25, -0.2) is 9.36 Å². The molecule has 2 fully saturated rings. The maximum Gasteiger partial charge on any atom is 0.459 e. The van der Waals surface area contributed by atoms with Crippen molar-refractivity contribution in [2.45, 2.75) is 70.6 Å². The van der Waals surface area contributed by atoms with Gasteiger partial charge in [0.15, 0.2) is 12.5 Å². The van der Waals surface area contributed by atoms with E-state index in [4.69, 9.17) is 29.0 Å². The number of rotatable bonds is 12. The molecule has 0 spiro atoms. The summed E-state index contributed by atoms with van der Waals surface area (Å²) in [5.74, 6) is -0.264. The van der Waals surface area contributed by atoms with Gasteiger partial charge in [0.25, 0.3) is 0 Å². The fourth-order valence-corrected chi connectivity index (χ4v) is 5.32. The van der Waals surface area contributed by atoms with Crippen molar-refractivity contribution in [3.63, 3.8) is 0 Å². The SMILES string of the molecule is C=C/C=C(\C=C/C)O[P@@](=O)(N[C@@H](C)C(=O)OC1CCCCC1)OC[C@H]1OC[C@@H](n2ccc(N)nc2=O)O1. The number of nitrogens with one attached hydrogen (secondary N) is 1. The second kappa shape index (κ2) is 13.7. The molecule has 1 aliphatic carbocycles. The number of allylic oxidation sites excluding steroid dienone is 4. The maximum atomic E-state index is 13.7. The predicted molar refractivity (Wildman–Crippen MR) is 136 cm³/mol. The summed E-state index contributed by atoms with van der Waals surface area (Å²) in [6.07, 6.45) is 10.5. The highest BCUT2D eigenvalue weighted by Crippen LogP contribution is 2.47. The summed E-state index contributed by atoms with van der Waals surface area (Å²) in [7, 11) is -4.13. The molecule has 3 rings (SSSR count). The van der Waals surface area contributed by atoms with Crippen LogP contribution in [0.3, 0.4) is 0 Å². The van der Waals surface area contributed by atoms with Crippen LogP contribution in [0.25, 0.3) is 0 Å². The lowest BCUT2D eigenvalue weighted by Crippen LogP contribution is -2.37. The second-order valence-electron chi connectivity index (χ2n) is 8.63. The number of hydrogen-bond acceptors (Lipinski definition) is 10. The summed E-state index contributed by atoms with van der Waals surface area (Å²) in [5, 5.41) is 2.65. The van der Waals surface area contributed by atoms with E-state index in [2.05, 4.69) is 16.7 Å². The molecule has 0 unspecified atom stereocenters. The molecule has 1 aromatic heterocycles. The van der Waals surface area contributed by atoms with Crippen LogP contribution < -0.4 is 16.5 Å². The third-order valence-electron chi connectivity index (χ3n) is 5.65. The molecule has 4 atom stereocenters. The van der Waals surface area contributed by atoms with E-state index in [9.17, 15) is 14.2 Å². The maximum absolute atomic E-state index is 13.7. The number of nitrogens with two attached hydrogens (primary N) is 1. The van der Waals surface area contributed by atoms with Gasteiger partial charge in [0, 0.05) is 6.20 Å². The highest BCUT2D eigenvalue weighted by molar-refractivity contribution is 7.51. The third kappa shape index (κ3) is 8.65. The Bertz CT molecular complexity index is 1100. The first-order valence-electron chi connectivity index (χ1n) is 12.2. The standard InChI is InChI=1S/C24H35N4O8P/c1-4-9-19(10-5-2)36-37(31,27-17(3)23(29)34-18-11-7-6-8-12-18)33-16-22-32-15-21(35-22)28-14-13-20(25)26-24(28)30/h4-5,9-10,13-14,17-18,21-22H,1,6-8,11-12,15-16H2,2-3H3,(H,27,31)(H2,25,26,30)/b10-5-,19-9+/t17-,21-,22-,37+/m0/s1. The second-order valence-corrected chi connectivity index (χ2v) is 10.3. The summed E-state index contributed by atoms with van der Waals surface area (Å²) < 4.78 is 43.1. The number of ether oxygens (including phenoxy) is 3. The number of carbonyl (C=O) groups excluding carboxylic acids is 1. The number of anilines is 1. The molecule has 12 nitrogen and oxygen atoms in total. The van der Waals surface area contributed by atoms with E-state index in [0.29, 0.717) is 0 Å². The molecular weight excluding hydrogens is 503 g/mol. The van der Waals surface area contributed by atoms with Gasteiger partial charge in [-0.1, -0.05) is 25.2 Å². The largest absolute Gasteiger partial charge is 0.461 e. The van der Waals surface area contributed by atoms with Crippen LogP contribution in [0.15, 0.2) is 53.7 Å². The molecule has 1 saturated carbocycles. The van der Waals surface area contributed by atoms with Gasteiger partial charge in [0.05, 0.1) is 6.61 Å². The molecule has 0 aromatic carbocycles. The minimum atomic E-state index is -4.13. The average Bonchev–Trinajstić information content (AvgIpc) is 3.32. The van der Waals surface area contributed by atoms with Crippen LogP contribution in [-0.2, 0) is 32.6 Å². The molecule has 1 aromatic rings. The zero-order valence-electron chi connectivity index (χ0n) is 21.1. The first kappa shape index (κ1) is 28.8. The molecule has 0 radical (unpaired) electrons. The van der Waals surface area contributed by atoms with Gasteiger partial charge in [0.2, 0.25) is 0 Å². The molecular formula is C24H35N4O8P. The van der Waals surface area contributed by atoms with Crippen molar-refractivity contribution >= 4 is 19.5 Å². The Morgan fingerprint density at radius 2 is 2.16 bits per heavy atom. The molecule has 3 N–H and O–H groups in total. The third-order valence-corrected chi connectivity index (χ3v) is 7.30. The van der Waals surface area contributed by atoms with E-state index in [0.717, 1.165) is 32.1 Å². The summed E-state index contributed by atoms with van der Waals surface area (Å²) in [6.45, 7) is 6.63. The molecule has 204 valence electrons. The Balaban J connectivity index is 1.66. The zero-order chi connectivity index (χ0) is 26.8. The first-order chi connectivity index (χ1) is 17.7. The van der Waals surface area contributed by atoms with Crippen molar-refractivity contribution in [2.75, 3.05) is 18.9 Å². The quantitative estimate of drug-likeness (QED) is 0.174. The Morgan fingerprint density at radius 1 is 1.41 bits per heavy atom. The Morgan fingerprint density at radius 3 is 2.84 bits per heavy atom. The van der Waals surface area contributed by atoms with E-state index < -0.39 is 38.0 Å². The topological polar surface area (TPSA) is 153 Å². The Labute approximate surface area is 216 Å². The van der Waals surface area contributed by atoms with Gasteiger partial charge < -0.3 is 24.5 Å². The smallest absolute Gasteiger partial charge is 0.459 e. The monoisotopic (exact) mass is 538 g/mol. The van der Waals surface area contributed by atoms with Crippen LogP contribution >= 0.6 is 7.75 Å². The molecule has 1 saturated heterocycles. The van der Waals surface area contributed by atoms with Crippen LogP contribution in [0.5, 0.6) is 0 Å². The van der Waals surface area contributed by atoms with E-state index in [1.165, 1.54) is 35.9 Å². The lowest BCUT2D eigenvalue weighted by atomic mass is 9.98. The van der Waals surface area contributed by atoms with Crippen molar-refractivity contribution in [3.8, 4) is 0 Å². The van der Waals surface area contributed by atoms with Crippen LogP contribution in [0.4, 0.5) is 5.82 Å². The van der Waals surface area contributed by atoms with Gasteiger partial charge in [0.1, 0.15) is 30.3 Å². The fourth-order valence-electron chi connectivity index (χ4n) is 3.85. The van der Waals surface area contributed by atoms with Crippen molar-refractivity contribution in [1.82, 2.24) is 14.6 Å². The van der Waals surface area contributed by atoms with Crippen molar-refractivity contribution in [3.05, 3.63) is 59.4 Å². The predicted octanol–water partition coefficient (Wildman–Crippen LogP) is 3.34. The van der Waals surface area contributed by atoms with Gasteiger partial charge in [-0.3, -0.25) is 13.9 Å². The number of carbonyl (C=O) groups is 1. The van der Waals surface area contributed by atoms with Crippen molar-refractivity contribution in [1.29, 1.82) is 0 Å². The van der Waals surface area contributed by atoms with Gasteiger partial charge in [-0.15, -0.1) is 0 Å². The van der Waals surface area contributed by atoms with E-state index in [1.54, 1.807) is 19.1 Å². The van der Waals surface area contributed by atoms with Crippen molar-refractivity contribution in [2.24, 2.45) is 0 Å². The molecule has 2 aliphatic rings. The number of nitrogens with zero attached hydrogens (tertiary/aromatic N) is 2. The lowest BCUT2D eigenvalue weighted by molar-refractivity contribution is -0.152. The van der Waals surface area contributed by atoms with Gasteiger partial charge in [-0.2, -0.15) is 10.1 Å². The number of nitrogen functional groups attached to an aromatic ring is 1. The highest BCUT2D eigenvalue weighted by Gasteiger charge is 2.36. The summed E-state index contributed by atoms with van der Waals surface area (Å²) in [5.41, 5.74) is 4.93. The lowest BCUT2D eigenvalue weighted by Gasteiger charge is -2.26. The molecule has 37 heavy (non-hydrogen) atoms. The summed E-state index contributed by atoms with van der Waals surface area (Å²) in [4.78, 5) is 28.4. The Hall–Kier alpha value is -2.76. The van der Waals surface area contributed by atoms with Crippen LogP contribution in [0.2, 0.25) is 0 Å². The molecule has 0 amide bonds. The van der Waals surface area contributed by atoms with E-state index >= 15 is 0 Å². The zero-order valence-corrected chi connectivity index (χ0v) is 22.0. The Kier molecular flexibility index (Phi) is 10.7. The fraction of sp³-hybridized carbons (Fsp3) is 0.542. The molecule has 2 heterocycles. The average molecular weight is 539 g/mol. The van der Waals surface area contributed by atoms with Gasteiger partial charge in [-0.05, 0) is 57.7 Å². The van der Waals surface area contributed by atoms with Crippen LogP contribution in [0, 0.1) is 0 Å². The molecule has 13 heteroatoms. The van der Waals surface area contributed by atoms with Crippen LogP contribution in [0.1, 0.15) is 52.2 Å². The summed E-state index contributed by atoms with van der Waals surface area (Å²) >= 11 is 0. The number of hydrogen-bond donors (Lipinski definition) is 2. The van der Waals surface area contributed by atoms with Crippen molar-refractivity contribution < 1.29 is 32.6 Å². The minimum absolute atomic E-state index is 0.0302. The summed E-state index contributed by atoms with van der Waals surface area (Å²) in [6, 6.07) is 0.476. The molecule has 1 aliphatic heterocycles. The number of esters is 1. The highest BCUT2D eigenvalue weighted by atomic mass is 31.2. The normalized spacial score (nSPS) is 23.5. The minimum Gasteiger partial charge on any atom is -0.461 e. The van der Waals surface area contributed by atoms with Gasteiger partial charge >= 0.3 is 19.4 Å². The molecule has 0 bridgehead atoms. The van der Waals surface area contributed by atoms with E-state index in [-0.39, 0.29) is 30.9 Å². The number of aromatic nitrogens is 2. The van der Waals surface area contributed by atoms with E-state index in [1.807, 2.05) is 0 Å².